The van der Waals surface area contributed by atoms with E-state index in [9.17, 15) is 0 Å². The first-order valence-electron chi connectivity index (χ1n) is 6.55. The molecule has 3 aromatic heterocycles. The Balaban J connectivity index is 1.86. The van der Waals surface area contributed by atoms with E-state index in [-0.39, 0.29) is 12.1 Å². The van der Waals surface area contributed by atoms with Crippen LogP contribution in [-0.4, -0.2) is 35.6 Å². The van der Waals surface area contributed by atoms with Crippen LogP contribution < -0.4 is 5.32 Å². The van der Waals surface area contributed by atoms with E-state index in [2.05, 4.69) is 39.3 Å². The molecule has 0 aliphatic rings. The van der Waals surface area contributed by atoms with Gasteiger partial charge in [-0.3, -0.25) is 9.36 Å². The SMILES string of the molecule is C[C@H](Nc1ncnc2c1cnn2C)[C@H](C)n1cccn1. The van der Waals surface area contributed by atoms with Crippen LogP contribution in [0.5, 0.6) is 0 Å². The van der Waals surface area contributed by atoms with Gasteiger partial charge < -0.3 is 5.32 Å². The van der Waals surface area contributed by atoms with Gasteiger partial charge >= 0.3 is 0 Å². The van der Waals surface area contributed by atoms with Gasteiger partial charge in [0.05, 0.1) is 17.6 Å². The van der Waals surface area contributed by atoms with Crippen molar-refractivity contribution in [1.29, 1.82) is 0 Å². The standard InChI is InChI=1S/C13H17N7/c1-9(10(2)20-6-4-5-16-20)18-12-11-7-17-19(3)13(11)15-8-14-12/h4-10H,1-3H3,(H,14,15,18)/t9-,10-/m0/s1. The van der Waals surface area contributed by atoms with Crippen LogP contribution in [0.4, 0.5) is 5.82 Å². The molecule has 3 aromatic rings. The van der Waals surface area contributed by atoms with E-state index < -0.39 is 0 Å². The van der Waals surface area contributed by atoms with E-state index in [1.165, 1.54) is 0 Å². The Kier molecular flexibility index (Phi) is 3.09. The predicted octanol–water partition coefficient (Wildman–Crippen LogP) is 1.62. The van der Waals surface area contributed by atoms with Crippen molar-refractivity contribution in [2.45, 2.75) is 25.9 Å². The lowest BCUT2D eigenvalue weighted by Crippen LogP contribution is -2.27. The molecular weight excluding hydrogens is 254 g/mol. The average Bonchev–Trinajstić information content (AvgIpc) is 3.09. The van der Waals surface area contributed by atoms with Gasteiger partial charge in [0.2, 0.25) is 0 Å². The van der Waals surface area contributed by atoms with Gasteiger partial charge in [0.15, 0.2) is 5.65 Å². The molecule has 3 rings (SSSR count). The first-order chi connectivity index (χ1) is 9.66. The molecule has 0 spiro atoms. The Hall–Kier alpha value is -2.44. The maximum Gasteiger partial charge on any atom is 0.163 e. The second kappa shape index (κ2) is 4.92. The van der Waals surface area contributed by atoms with E-state index in [1.807, 2.05) is 24.0 Å². The highest BCUT2D eigenvalue weighted by molar-refractivity contribution is 5.86. The zero-order valence-electron chi connectivity index (χ0n) is 11.7. The lowest BCUT2D eigenvalue weighted by molar-refractivity contribution is 0.443. The third-order valence-electron chi connectivity index (χ3n) is 3.56. The fourth-order valence-electron chi connectivity index (χ4n) is 2.16. The van der Waals surface area contributed by atoms with Gasteiger partial charge in [-0.25, -0.2) is 9.97 Å². The van der Waals surface area contributed by atoms with Crippen LogP contribution in [0.2, 0.25) is 0 Å². The summed E-state index contributed by atoms with van der Waals surface area (Å²) in [6.45, 7) is 4.23. The molecule has 0 amide bonds. The molecule has 20 heavy (non-hydrogen) atoms. The van der Waals surface area contributed by atoms with Crippen molar-refractivity contribution in [2.24, 2.45) is 7.05 Å². The molecule has 0 saturated heterocycles. The summed E-state index contributed by atoms with van der Waals surface area (Å²) in [5.74, 6) is 0.801. The molecule has 0 aromatic carbocycles. The number of aryl methyl sites for hydroxylation is 1. The largest absolute Gasteiger partial charge is 0.365 e. The average molecular weight is 271 g/mol. The Morgan fingerprint density at radius 1 is 1.20 bits per heavy atom. The monoisotopic (exact) mass is 271 g/mol. The third kappa shape index (κ3) is 2.11. The molecule has 3 heterocycles. The van der Waals surface area contributed by atoms with Gasteiger partial charge in [-0.05, 0) is 19.9 Å². The first-order valence-corrected chi connectivity index (χ1v) is 6.55. The van der Waals surface area contributed by atoms with Crippen LogP contribution in [-0.2, 0) is 7.05 Å². The molecule has 0 unspecified atom stereocenters. The summed E-state index contributed by atoms with van der Waals surface area (Å²) >= 11 is 0. The van der Waals surface area contributed by atoms with E-state index in [1.54, 1.807) is 23.4 Å². The van der Waals surface area contributed by atoms with E-state index >= 15 is 0 Å². The van der Waals surface area contributed by atoms with Gasteiger partial charge in [0.25, 0.3) is 0 Å². The van der Waals surface area contributed by atoms with Crippen molar-refractivity contribution in [3.8, 4) is 0 Å². The minimum Gasteiger partial charge on any atom is -0.365 e. The summed E-state index contributed by atoms with van der Waals surface area (Å²) in [6.07, 6.45) is 7.08. The van der Waals surface area contributed by atoms with Gasteiger partial charge in [-0.15, -0.1) is 0 Å². The Bertz CT molecular complexity index is 701. The second-order valence-electron chi connectivity index (χ2n) is 4.89. The summed E-state index contributed by atoms with van der Waals surface area (Å²) in [4.78, 5) is 8.55. The molecule has 7 heteroatoms. The van der Waals surface area contributed by atoms with Crippen LogP contribution in [0.15, 0.2) is 31.0 Å². The number of aromatic nitrogens is 6. The third-order valence-corrected chi connectivity index (χ3v) is 3.56. The molecular formula is C13H17N7. The molecule has 0 bridgehead atoms. The van der Waals surface area contributed by atoms with Crippen LogP contribution in [0.1, 0.15) is 19.9 Å². The maximum absolute atomic E-state index is 4.32. The fraction of sp³-hybridized carbons (Fsp3) is 0.385. The predicted molar refractivity (Wildman–Crippen MR) is 76.3 cm³/mol. The van der Waals surface area contributed by atoms with Crippen molar-refractivity contribution in [2.75, 3.05) is 5.32 Å². The van der Waals surface area contributed by atoms with Crippen molar-refractivity contribution < 1.29 is 0 Å². The molecule has 0 radical (unpaired) electrons. The number of hydrogen-bond donors (Lipinski definition) is 1. The first kappa shape index (κ1) is 12.6. The topological polar surface area (TPSA) is 73.5 Å². The Labute approximate surface area is 116 Å². The Morgan fingerprint density at radius 3 is 2.80 bits per heavy atom. The normalized spacial score (nSPS) is 14.3. The minimum absolute atomic E-state index is 0.174. The molecule has 1 N–H and O–H groups in total. The quantitative estimate of drug-likeness (QED) is 0.780. The van der Waals surface area contributed by atoms with Crippen LogP contribution >= 0.6 is 0 Å². The van der Waals surface area contributed by atoms with Crippen LogP contribution in [0, 0.1) is 0 Å². The molecule has 104 valence electrons. The van der Waals surface area contributed by atoms with Crippen molar-refractivity contribution in [1.82, 2.24) is 29.5 Å². The lowest BCUT2D eigenvalue weighted by Gasteiger charge is -2.22. The number of nitrogens with one attached hydrogen (secondary N) is 1. The molecule has 7 nitrogen and oxygen atoms in total. The fourth-order valence-corrected chi connectivity index (χ4v) is 2.16. The zero-order valence-corrected chi connectivity index (χ0v) is 11.7. The van der Waals surface area contributed by atoms with E-state index in [0.29, 0.717) is 0 Å². The highest BCUT2D eigenvalue weighted by Crippen LogP contribution is 2.21. The van der Waals surface area contributed by atoms with Crippen LogP contribution in [0.25, 0.3) is 11.0 Å². The van der Waals surface area contributed by atoms with Gasteiger partial charge in [-0.1, -0.05) is 0 Å². The summed E-state index contributed by atoms with van der Waals surface area (Å²) < 4.78 is 3.67. The minimum atomic E-state index is 0.174. The summed E-state index contributed by atoms with van der Waals surface area (Å²) in [5.41, 5.74) is 0.821. The van der Waals surface area contributed by atoms with Gasteiger partial charge in [0.1, 0.15) is 12.1 Å². The summed E-state index contributed by atoms with van der Waals surface area (Å²) in [7, 11) is 1.87. The summed E-state index contributed by atoms with van der Waals surface area (Å²) in [6, 6.07) is 2.31. The smallest absolute Gasteiger partial charge is 0.163 e. The number of anilines is 1. The molecule has 0 aliphatic carbocycles. The molecule has 0 aliphatic heterocycles. The number of rotatable bonds is 4. The molecule has 0 saturated carbocycles. The van der Waals surface area contributed by atoms with Gasteiger partial charge in [0, 0.05) is 25.5 Å². The number of nitrogens with zero attached hydrogens (tertiary/aromatic N) is 6. The number of fused-ring (bicyclic) bond motifs is 1. The van der Waals surface area contributed by atoms with Gasteiger partial charge in [-0.2, -0.15) is 10.2 Å². The number of hydrogen-bond acceptors (Lipinski definition) is 5. The highest BCUT2D eigenvalue weighted by atomic mass is 15.3. The molecule has 0 fully saturated rings. The van der Waals surface area contributed by atoms with Crippen molar-refractivity contribution >= 4 is 16.9 Å². The molecule has 2 atom stereocenters. The summed E-state index contributed by atoms with van der Waals surface area (Å²) in [5, 5.41) is 12.8. The van der Waals surface area contributed by atoms with Crippen LogP contribution in [0.3, 0.4) is 0 Å². The maximum atomic E-state index is 4.32. The Morgan fingerprint density at radius 2 is 2.05 bits per heavy atom. The highest BCUT2D eigenvalue weighted by Gasteiger charge is 2.16. The zero-order chi connectivity index (χ0) is 14.1. The van der Waals surface area contributed by atoms with E-state index in [0.717, 1.165) is 16.9 Å². The van der Waals surface area contributed by atoms with Crippen molar-refractivity contribution in [3.63, 3.8) is 0 Å². The lowest BCUT2D eigenvalue weighted by atomic mass is 10.1. The van der Waals surface area contributed by atoms with E-state index in [4.69, 9.17) is 0 Å². The van der Waals surface area contributed by atoms with Crippen molar-refractivity contribution in [3.05, 3.63) is 31.0 Å². The second-order valence-corrected chi connectivity index (χ2v) is 4.89.